The van der Waals surface area contributed by atoms with Crippen molar-refractivity contribution in [3.63, 3.8) is 0 Å². The molecule has 1 aliphatic heterocycles. The molecule has 4 nitrogen and oxygen atoms in total. The van der Waals surface area contributed by atoms with Gasteiger partial charge in [-0.05, 0) is 11.5 Å². The van der Waals surface area contributed by atoms with Crippen molar-refractivity contribution in [1.82, 2.24) is 9.78 Å². The number of hydrogen-bond donors (Lipinski definition) is 0. The van der Waals surface area contributed by atoms with Gasteiger partial charge in [-0.15, -0.1) is 0 Å². The van der Waals surface area contributed by atoms with Crippen LogP contribution in [0.4, 0.5) is 0 Å². The molecule has 1 aromatic rings. The largest absolute Gasteiger partial charge is 0.267 e. The highest BCUT2D eigenvalue weighted by Gasteiger charge is 2.35. The molecule has 0 N–H and O–H groups in total. The maximum atomic E-state index is 11.0. The minimum Gasteiger partial charge on any atom is -0.267 e. The number of hydrogen-bond acceptors (Lipinski definition) is 3. The average molecular weight is 214 g/mol. The molecular formula is C9H14N2O2S. The van der Waals surface area contributed by atoms with Gasteiger partial charge in [0.1, 0.15) is 0 Å². The van der Waals surface area contributed by atoms with Crippen LogP contribution < -0.4 is 0 Å². The zero-order valence-corrected chi connectivity index (χ0v) is 9.16. The normalized spacial score (nSPS) is 21.1. The molecule has 0 radical (unpaired) electrons. The third kappa shape index (κ3) is 1.68. The Morgan fingerprint density at radius 2 is 2.14 bits per heavy atom. The molecule has 1 saturated heterocycles. The molecule has 1 aromatic heterocycles. The van der Waals surface area contributed by atoms with E-state index in [-0.39, 0.29) is 17.5 Å². The van der Waals surface area contributed by atoms with E-state index < -0.39 is 9.84 Å². The predicted octanol–water partition coefficient (Wildman–Crippen LogP) is 0.976. The van der Waals surface area contributed by atoms with Gasteiger partial charge >= 0.3 is 0 Å². The molecule has 2 rings (SSSR count). The Kier molecular flexibility index (Phi) is 2.14. The van der Waals surface area contributed by atoms with E-state index in [1.807, 2.05) is 12.4 Å². The molecule has 0 spiro atoms. The maximum absolute atomic E-state index is 11.0. The number of sulfone groups is 1. The molecule has 14 heavy (non-hydrogen) atoms. The quantitative estimate of drug-likeness (QED) is 0.737. The van der Waals surface area contributed by atoms with Crippen LogP contribution in [0.15, 0.2) is 12.4 Å². The van der Waals surface area contributed by atoms with Crippen LogP contribution in [0.25, 0.3) is 0 Å². The molecule has 0 bridgehead atoms. The summed E-state index contributed by atoms with van der Waals surface area (Å²) in [6, 6.07) is 0.0625. The van der Waals surface area contributed by atoms with Crippen LogP contribution in [-0.4, -0.2) is 29.7 Å². The predicted molar refractivity (Wildman–Crippen MR) is 54.0 cm³/mol. The molecule has 0 amide bonds. The fraction of sp³-hybridized carbons (Fsp3) is 0.667. The summed E-state index contributed by atoms with van der Waals surface area (Å²) in [7, 11) is -2.75. The Labute approximate surface area is 83.8 Å². The van der Waals surface area contributed by atoms with Gasteiger partial charge in [0, 0.05) is 6.20 Å². The van der Waals surface area contributed by atoms with Crippen molar-refractivity contribution in [2.24, 2.45) is 0 Å². The second-order valence-electron chi connectivity index (χ2n) is 4.14. The lowest BCUT2D eigenvalue weighted by molar-refractivity contribution is 0.473. The van der Waals surface area contributed by atoms with Crippen LogP contribution in [-0.2, 0) is 9.84 Å². The van der Waals surface area contributed by atoms with E-state index >= 15 is 0 Å². The zero-order chi connectivity index (χ0) is 10.3. The molecule has 1 fully saturated rings. The molecule has 2 heterocycles. The van der Waals surface area contributed by atoms with Crippen LogP contribution in [0.1, 0.15) is 31.4 Å². The van der Waals surface area contributed by atoms with E-state index in [0.717, 1.165) is 5.56 Å². The van der Waals surface area contributed by atoms with Gasteiger partial charge in [0.15, 0.2) is 9.84 Å². The van der Waals surface area contributed by atoms with Crippen molar-refractivity contribution in [2.75, 3.05) is 11.5 Å². The van der Waals surface area contributed by atoms with Crippen LogP contribution in [0.2, 0.25) is 0 Å². The van der Waals surface area contributed by atoms with E-state index in [2.05, 4.69) is 18.9 Å². The van der Waals surface area contributed by atoms with Crippen LogP contribution in [0, 0.1) is 0 Å². The van der Waals surface area contributed by atoms with E-state index in [0.29, 0.717) is 5.92 Å². The Bertz CT molecular complexity index is 421. The van der Waals surface area contributed by atoms with Crippen LogP contribution >= 0.6 is 0 Å². The summed E-state index contributed by atoms with van der Waals surface area (Å²) in [6.45, 7) is 4.19. The van der Waals surface area contributed by atoms with Gasteiger partial charge < -0.3 is 0 Å². The maximum Gasteiger partial charge on any atom is 0.154 e. The van der Waals surface area contributed by atoms with Gasteiger partial charge in [0.25, 0.3) is 0 Å². The Morgan fingerprint density at radius 3 is 2.57 bits per heavy atom. The van der Waals surface area contributed by atoms with Gasteiger partial charge in [0.2, 0.25) is 0 Å². The SMILES string of the molecule is CC(C)c1cnn(C2CS(=O)(=O)C2)c1. The van der Waals surface area contributed by atoms with Gasteiger partial charge in [-0.25, -0.2) is 8.42 Å². The minimum absolute atomic E-state index is 0.0625. The van der Waals surface area contributed by atoms with Crippen molar-refractivity contribution in [2.45, 2.75) is 25.8 Å². The molecule has 0 aliphatic carbocycles. The van der Waals surface area contributed by atoms with E-state index in [1.165, 1.54) is 0 Å². The van der Waals surface area contributed by atoms with Crippen molar-refractivity contribution in [1.29, 1.82) is 0 Å². The second kappa shape index (κ2) is 3.08. The highest BCUT2D eigenvalue weighted by Crippen LogP contribution is 2.24. The first-order valence-electron chi connectivity index (χ1n) is 4.72. The standard InChI is InChI=1S/C9H14N2O2S/c1-7(2)8-3-10-11(4-8)9-5-14(12,13)6-9/h3-4,7,9H,5-6H2,1-2H3. The summed E-state index contributed by atoms with van der Waals surface area (Å²) < 4.78 is 23.7. The lowest BCUT2D eigenvalue weighted by atomic mass is 10.1. The zero-order valence-electron chi connectivity index (χ0n) is 8.34. The molecule has 0 atom stereocenters. The van der Waals surface area contributed by atoms with Crippen molar-refractivity contribution < 1.29 is 8.42 Å². The molecule has 0 aromatic carbocycles. The Morgan fingerprint density at radius 1 is 1.50 bits per heavy atom. The minimum atomic E-state index is -2.75. The third-order valence-electron chi connectivity index (χ3n) is 2.55. The highest BCUT2D eigenvalue weighted by atomic mass is 32.2. The van der Waals surface area contributed by atoms with Crippen LogP contribution in [0.5, 0.6) is 0 Å². The van der Waals surface area contributed by atoms with Crippen molar-refractivity contribution >= 4 is 9.84 Å². The smallest absolute Gasteiger partial charge is 0.154 e. The van der Waals surface area contributed by atoms with Crippen molar-refractivity contribution in [3.05, 3.63) is 18.0 Å². The molecule has 1 aliphatic rings. The van der Waals surface area contributed by atoms with Gasteiger partial charge in [-0.1, -0.05) is 13.8 Å². The van der Waals surface area contributed by atoms with E-state index in [1.54, 1.807) is 4.68 Å². The van der Waals surface area contributed by atoms with E-state index in [9.17, 15) is 8.42 Å². The topological polar surface area (TPSA) is 52.0 Å². The Balaban J connectivity index is 2.12. The highest BCUT2D eigenvalue weighted by molar-refractivity contribution is 7.92. The lowest BCUT2D eigenvalue weighted by Gasteiger charge is -2.25. The van der Waals surface area contributed by atoms with Gasteiger partial charge in [-0.3, -0.25) is 4.68 Å². The average Bonchev–Trinajstić information content (AvgIpc) is 2.47. The first-order chi connectivity index (χ1) is 6.48. The van der Waals surface area contributed by atoms with Crippen molar-refractivity contribution in [3.8, 4) is 0 Å². The summed E-state index contributed by atoms with van der Waals surface area (Å²) in [4.78, 5) is 0. The fourth-order valence-corrected chi connectivity index (χ4v) is 2.92. The molecule has 5 heteroatoms. The van der Waals surface area contributed by atoms with Gasteiger partial charge in [0.05, 0.1) is 23.7 Å². The molecular weight excluding hydrogens is 200 g/mol. The Hall–Kier alpha value is -0.840. The lowest BCUT2D eigenvalue weighted by Crippen LogP contribution is -2.38. The third-order valence-corrected chi connectivity index (χ3v) is 4.34. The fourth-order valence-electron chi connectivity index (χ4n) is 1.54. The molecule has 78 valence electrons. The summed E-state index contributed by atoms with van der Waals surface area (Å²) in [5.41, 5.74) is 1.16. The van der Waals surface area contributed by atoms with Gasteiger partial charge in [-0.2, -0.15) is 5.10 Å². The van der Waals surface area contributed by atoms with E-state index in [4.69, 9.17) is 0 Å². The van der Waals surface area contributed by atoms with Crippen LogP contribution in [0.3, 0.4) is 0 Å². The summed E-state index contributed by atoms with van der Waals surface area (Å²) >= 11 is 0. The summed E-state index contributed by atoms with van der Waals surface area (Å²) in [6.07, 6.45) is 3.76. The summed E-state index contributed by atoms with van der Waals surface area (Å²) in [5.74, 6) is 0.929. The number of aromatic nitrogens is 2. The first-order valence-corrected chi connectivity index (χ1v) is 6.54. The monoisotopic (exact) mass is 214 g/mol. The number of nitrogens with zero attached hydrogens (tertiary/aromatic N) is 2. The second-order valence-corrected chi connectivity index (χ2v) is 6.29. The molecule has 0 saturated carbocycles. The number of rotatable bonds is 2. The summed E-state index contributed by atoms with van der Waals surface area (Å²) in [5, 5.41) is 4.18. The first kappa shape index (κ1) is 9.71. The molecule has 0 unspecified atom stereocenters.